The van der Waals surface area contributed by atoms with Crippen molar-refractivity contribution in [2.24, 2.45) is 20.8 Å². The lowest BCUT2D eigenvalue weighted by atomic mass is 9.87. The predicted molar refractivity (Wildman–Crippen MR) is 144 cm³/mol. The van der Waals surface area contributed by atoms with E-state index in [1.807, 2.05) is 12.1 Å². The number of para-hydroxylation sites is 1. The Morgan fingerprint density at radius 1 is 0.824 bits per heavy atom. The number of nitrogens with zero attached hydrogens (tertiary/aromatic N) is 2. The van der Waals surface area contributed by atoms with E-state index in [1.165, 1.54) is 44.6 Å². The van der Waals surface area contributed by atoms with Gasteiger partial charge in [-0.1, -0.05) is 96.1 Å². The van der Waals surface area contributed by atoms with E-state index < -0.39 is 0 Å². The summed E-state index contributed by atoms with van der Waals surface area (Å²) in [7, 11) is 0. The van der Waals surface area contributed by atoms with Gasteiger partial charge in [-0.2, -0.15) is 0 Å². The van der Waals surface area contributed by atoms with Gasteiger partial charge in [0.25, 0.3) is 0 Å². The van der Waals surface area contributed by atoms with E-state index >= 15 is 0 Å². The smallest absolute Gasteiger partial charge is 0.125 e. The maximum Gasteiger partial charge on any atom is 0.125 e. The predicted octanol–water partition coefficient (Wildman–Crippen LogP) is 8.06. The van der Waals surface area contributed by atoms with Crippen LogP contribution in [0.5, 0.6) is 5.75 Å². The fraction of sp³-hybridized carbons (Fsp3) is 0.355. The first kappa shape index (κ1) is 22.6. The van der Waals surface area contributed by atoms with Crippen LogP contribution in [0.25, 0.3) is 10.8 Å². The second kappa shape index (κ2) is 8.23. The van der Waals surface area contributed by atoms with Gasteiger partial charge < -0.3 is 4.74 Å². The third-order valence-electron chi connectivity index (χ3n) is 6.77. The molecular formula is C31H34N2O. The van der Waals surface area contributed by atoms with Crippen molar-refractivity contribution in [3.8, 4) is 5.75 Å². The molecule has 0 saturated heterocycles. The van der Waals surface area contributed by atoms with Crippen molar-refractivity contribution in [1.29, 1.82) is 0 Å². The van der Waals surface area contributed by atoms with E-state index in [9.17, 15) is 0 Å². The maximum absolute atomic E-state index is 5.76. The molecule has 3 heteroatoms. The minimum Gasteiger partial charge on any atom is -0.489 e. The van der Waals surface area contributed by atoms with Crippen LogP contribution >= 0.6 is 0 Å². The standard InChI is InChI=1S/C16H17N.C15H17NO/c1-16(2,3)14-10-12-9-8-11-6-4-5-7-13(11)15(12)17-14;1-15(2,3)13-8-10-9-17-12-7-5-4-6-11(12)14(10)16-13/h4-9H,10H2,1-3H3;4-8,14H,9H2,1-3H3. The van der Waals surface area contributed by atoms with Gasteiger partial charge in [0, 0.05) is 39.6 Å². The normalized spacial score (nSPS) is 18.5. The average Bonchev–Trinajstić information content (AvgIpc) is 3.44. The van der Waals surface area contributed by atoms with Crippen LogP contribution in [0.1, 0.15) is 58.7 Å². The minimum absolute atomic E-state index is 0.110. The van der Waals surface area contributed by atoms with Gasteiger partial charge in [-0.05, 0) is 28.7 Å². The number of hydrogen-bond acceptors (Lipinski definition) is 3. The van der Waals surface area contributed by atoms with Gasteiger partial charge in [-0.25, -0.2) is 0 Å². The molecule has 1 atom stereocenters. The summed E-state index contributed by atoms with van der Waals surface area (Å²) in [5.74, 6) is 0.980. The number of ether oxygens (including phenoxy) is 1. The van der Waals surface area contributed by atoms with Gasteiger partial charge >= 0.3 is 0 Å². The summed E-state index contributed by atoms with van der Waals surface area (Å²) in [6, 6.07) is 21.3. The van der Waals surface area contributed by atoms with Crippen molar-refractivity contribution in [1.82, 2.24) is 0 Å². The average molecular weight is 451 g/mol. The molecule has 3 nitrogen and oxygen atoms in total. The molecule has 3 aliphatic heterocycles. The second-order valence-electron chi connectivity index (χ2n) is 11.5. The summed E-state index contributed by atoms with van der Waals surface area (Å²) in [5, 5.41) is 2.56. The number of hydrogen-bond donors (Lipinski definition) is 0. The van der Waals surface area contributed by atoms with Crippen LogP contribution in [0, 0.1) is 10.8 Å². The van der Waals surface area contributed by atoms with Gasteiger partial charge in [0.05, 0.1) is 5.69 Å². The van der Waals surface area contributed by atoms with Crippen LogP contribution in [0.3, 0.4) is 0 Å². The molecule has 6 rings (SSSR count). The Kier molecular flexibility index (Phi) is 5.47. The van der Waals surface area contributed by atoms with Gasteiger partial charge in [-0.15, -0.1) is 0 Å². The molecule has 0 amide bonds. The Morgan fingerprint density at radius 2 is 1.56 bits per heavy atom. The van der Waals surface area contributed by atoms with Crippen molar-refractivity contribution in [3.63, 3.8) is 0 Å². The summed E-state index contributed by atoms with van der Waals surface area (Å²) in [4.78, 5) is 9.73. The molecule has 3 aromatic rings. The lowest BCUT2D eigenvalue weighted by Crippen LogP contribution is -2.19. The molecule has 34 heavy (non-hydrogen) atoms. The van der Waals surface area contributed by atoms with Crippen molar-refractivity contribution >= 4 is 27.9 Å². The number of benzene rings is 3. The topological polar surface area (TPSA) is 34.0 Å². The quantitative estimate of drug-likeness (QED) is 0.341. The van der Waals surface area contributed by atoms with Crippen LogP contribution in [-0.2, 0) is 6.42 Å². The Morgan fingerprint density at radius 3 is 2.32 bits per heavy atom. The lowest BCUT2D eigenvalue weighted by molar-refractivity contribution is 0.322. The lowest BCUT2D eigenvalue weighted by Gasteiger charge is -2.23. The van der Waals surface area contributed by atoms with E-state index in [0.29, 0.717) is 6.61 Å². The van der Waals surface area contributed by atoms with Gasteiger partial charge in [0.15, 0.2) is 0 Å². The molecule has 0 fully saturated rings. The summed E-state index contributed by atoms with van der Waals surface area (Å²) in [5.41, 5.74) is 7.79. The Balaban J connectivity index is 0.000000142. The molecule has 1 unspecified atom stereocenters. The van der Waals surface area contributed by atoms with Crippen LogP contribution in [-0.4, -0.2) is 18.0 Å². The molecule has 0 spiro atoms. The molecule has 174 valence electrons. The van der Waals surface area contributed by atoms with Gasteiger partial charge in [0.1, 0.15) is 18.4 Å². The monoisotopic (exact) mass is 450 g/mol. The number of rotatable bonds is 0. The second-order valence-corrected chi connectivity index (χ2v) is 11.5. The van der Waals surface area contributed by atoms with E-state index in [2.05, 4.69) is 96.1 Å². The maximum atomic E-state index is 5.76. The molecule has 0 aromatic heterocycles. The summed E-state index contributed by atoms with van der Waals surface area (Å²) in [6.07, 6.45) is 3.21. The Labute approximate surface area is 203 Å². The summed E-state index contributed by atoms with van der Waals surface area (Å²) < 4.78 is 5.76. The first-order valence-corrected chi connectivity index (χ1v) is 12.2. The molecule has 0 bridgehead atoms. The number of allylic oxidation sites excluding steroid dienone is 1. The molecule has 0 saturated carbocycles. The number of aliphatic imine (C=N–C) groups is 2. The highest BCUT2D eigenvalue weighted by molar-refractivity contribution is 6.05. The van der Waals surface area contributed by atoms with E-state index in [4.69, 9.17) is 14.7 Å². The van der Waals surface area contributed by atoms with Crippen molar-refractivity contribution in [2.45, 2.75) is 54.0 Å². The van der Waals surface area contributed by atoms with E-state index in [0.717, 1.165) is 12.2 Å². The van der Waals surface area contributed by atoms with Crippen LogP contribution < -0.4 is 4.74 Å². The van der Waals surface area contributed by atoms with E-state index in [1.54, 1.807) is 0 Å². The SMILES string of the molecule is CC(C)(C)C1=NC2C(=C1)COc1ccccc12.CC(C)(C)C1=Nc2c(ccc3ccccc23)C1. The first-order chi connectivity index (χ1) is 16.1. The van der Waals surface area contributed by atoms with Crippen LogP contribution in [0.15, 0.2) is 82.3 Å². The molecular weight excluding hydrogens is 416 g/mol. The highest BCUT2D eigenvalue weighted by Crippen LogP contribution is 2.42. The van der Waals surface area contributed by atoms with Gasteiger partial charge in [-0.3, -0.25) is 9.98 Å². The molecule has 0 aliphatic carbocycles. The first-order valence-electron chi connectivity index (χ1n) is 12.2. The molecule has 0 N–H and O–H groups in total. The fourth-order valence-corrected chi connectivity index (χ4v) is 4.68. The zero-order valence-corrected chi connectivity index (χ0v) is 21.1. The molecule has 3 aromatic carbocycles. The van der Waals surface area contributed by atoms with Crippen LogP contribution in [0.4, 0.5) is 5.69 Å². The molecule has 3 heterocycles. The molecule has 0 radical (unpaired) electrons. The summed E-state index contributed by atoms with van der Waals surface area (Å²) >= 11 is 0. The zero-order chi connectivity index (χ0) is 24.1. The highest BCUT2D eigenvalue weighted by Gasteiger charge is 2.32. The van der Waals surface area contributed by atoms with Crippen molar-refractivity contribution < 1.29 is 4.74 Å². The van der Waals surface area contributed by atoms with Crippen molar-refractivity contribution in [2.75, 3.05) is 6.61 Å². The Bertz CT molecular complexity index is 1350. The summed E-state index contributed by atoms with van der Waals surface area (Å²) in [6.45, 7) is 14.0. The Hall–Kier alpha value is -3.20. The third-order valence-corrected chi connectivity index (χ3v) is 6.77. The third kappa shape index (κ3) is 4.20. The van der Waals surface area contributed by atoms with Crippen molar-refractivity contribution in [3.05, 3.63) is 83.4 Å². The number of fused-ring (bicyclic) bond motifs is 6. The van der Waals surface area contributed by atoms with Gasteiger partial charge in [0.2, 0.25) is 0 Å². The van der Waals surface area contributed by atoms with Crippen LogP contribution in [0.2, 0.25) is 0 Å². The fourth-order valence-electron chi connectivity index (χ4n) is 4.68. The highest BCUT2D eigenvalue weighted by atomic mass is 16.5. The molecule has 3 aliphatic rings. The largest absolute Gasteiger partial charge is 0.489 e. The zero-order valence-electron chi connectivity index (χ0n) is 21.1. The minimum atomic E-state index is 0.110. The van der Waals surface area contributed by atoms with E-state index in [-0.39, 0.29) is 16.9 Å².